The number of rotatable bonds is 8. The van der Waals surface area contributed by atoms with Crippen LogP contribution in [-0.4, -0.2) is 72.0 Å². The molecule has 2 fully saturated rings. The highest BCUT2D eigenvalue weighted by molar-refractivity contribution is 14.0. The zero-order valence-corrected chi connectivity index (χ0v) is 20.9. The van der Waals surface area contributed by atoms with Crippen LogP contribution in [0.3, 0.4) is 0 Å². The average molecular weight is 532 g/mol. The molecule has 1 aliphatic carbocycles. The van der Waals surface area contributed by atoms with Gasteiger partial charge in [-0.05, 0) is 39.0 Å². The lowest BCUT2D eigenvalue weighted by molar-refractivity contribution is -0.120. The fourth-order valence-corrected chi connectivity index (χ4v) is 4.40. The molecule has 9 heteroatoms. The Morgan fingerprint density at radius 1 is 1.33 bits per heavy atom. The van der Waals surface area contributed by atoms with E-state index in [2.05, 4.69) is 29.2 Å². The summed E-state index contributed by atoms with van der Waals surface area (Å²) in [6.45, 7) is 8.12. The van der Waals surface area contributed by atoms with Crippen LogP contribution in [0.4, 0.5) is 5.69 Å². The summed E-state index contributed by atoms with van der Waals surface area (Å²) in [7, 11) is 1.86. The van der Waals surface area contributed by atoms with Gasteiger partial charge in [-0.1, -0.05) is 12.8 Å². The lowest BCUT2D eigenvalue weighted by atomic mass is 9.98. The first-order chi connectivity index (χ1) is 14.1. The monoisotopic (exact) mass is 532 g/mol. The number of carbonyl (C=O) groups is 1. The van der Waals surface area contributed by atoms with E-state index in [1.54, 1.807) is 15.8 Å². The fourth-order valence-electron chi connectivity index (χ4n) is 4.40. The van der Waals surface area contributed by atoms with Crippen LogP contribution in [-0.2, 0) is 16.6 Å². The van der Waals surface area contributed by atoms with Crippen LogP contribution >= 0.6 is 24.0 Å². The Bertz CT molecular complexity index is 689. The first kappa shape index (κ1) is 24.9. The van der Waals surface area contributed by atoms with Gasteiger partial charge in [0, 0.05) is 46.0 Å². The Labute approximate surface area is 197 Å². The Kier molecular flexibility index (Phi) is 10.4. The zero-order valence-electron chi connectivity index (χ0n) is 18.5. The lowest BCUT2D eigenvalue weighted by Gasteiger charge is -2.35. The van der Waals surface area contributed by atoms with Gasteiger partial charge in [0.15, 0.2) is 5.96 Å². The number of ether oxygens (including phenoxy) is 1. The summed E-state index contributed by atoms with van der Waals surface area (Å²) >= 11 is 0. The molecule has 170 valence electrons. The van der Waals surface area contributed by atoms with E-state index < -0.39 is 0 Å². The van der Waals surface area contributed by atoms with Crippen molar-refractivity contribution in [2.75, 3.05) is 44.2 Å². The predicted molar refractivity (Wildman–Crippen MR) is 131 cm³/mol. The van der Waals surface area contributed by atoms with Crippen molar-refractivity contribution in [1.29, 1.82) is 0 Å². The smallest absolute Gasteiger partial charge is 0.246 e. The summed E-state index contributed by atoms with van der Waals surface area (Å²) < 4.78 is 7.75. The summed E-state index contributed by atoms with van der Waals surface area (Å²) in [6, 6.07) is 0. The van der Waals surface area contributed by atoms with Crippen LogP contribution in [0.2, 0.25) is 0 Å². The van der Waals surface area contributed by atoms with Crippen LogP contribution < -0.4 is 10.2 Å². The molecular weight excluding hydrogens is 495 g/mol. The number of aliphatic imine (C=N–C) groups is 1. The van der Waals surface area contributed by atoms with E-state index in [0.29, 0.717) is 25.1 Å². The van der Waals surface area contributed by atoms with Gasteiger partial charge in [-0.2, -0.15) is 5.10 Å². The van der Waals surface area contributed by atoms with Crippen LogP contribution in [0.5, 0.6) is 0 Å². The third-order valence-electron chi connectivity index (χ3n) is 5.84. The van der Waals surface area contributed by atoms with Gasteiger partial charge in [-0.25, -0.2) is 0 Å². The maximum atomic E-state index is 12.7. The highest BCUT2D eigenvalue weighted by atomic mass is 127. The third kappa shape index (κ3) is 6.57. The molecule has 1 aromatic rings. The lowest BCUT2D eigenvalue weighted by Crippen LogP contribution is -2.55. The van der Waals surface area contributed by atoms with E-state index in [-0.39, 0.29) is 29.9 Å². The molecule has 1 aromatic heterocycles. The van der Waals surface area contributed by atoms with Gasteiger partial charge in [0.1, 0.15) is 6.54 Å². The van der Waals surface area contributed by atoms with E-state index >= 15 is 0 Å². The maximum absolute atomic E-state index is 12.7. The molecule has 30 heavy (non-hydrogen) atoms. The number of nitrogens with one attached hydrogen (secondary N) is 1. The Morgan fingerprint density at radius 3 is 2.70 bits per heavy atom. The molecule has 2 heterocycles. The summed E-state index contributed by atoms with van der Waals surface area (Å²) in [4.78, 5) is 21.4. The molecule has 8 nitrogen and oxygen atoms in total. The number of hydrogen-bond acceptors (Lipinski definition) is 4. The Hall–Kier alpha value is -1.36. The highest BCUT2D eigenvalue weighted by Gasteiger charge is 2.28. The van der Waals surface area contributed by atoms with Gasteiger partial charge in [-0.3, -0.25) is 14.5 Å². The topological polar surface area (TPSA) is 75.0 Å². The molecule has 0 radical (unpaired) electrons. The van der Waals surface area contributed by atoms with Crippen LogP contribution in [0.15, 0.2) is 17.4 Å². The normalized spacial score (nSPS) is 19.2. The number of amides is 1. The number of carbonyl (C=O) groups excluding carboxylic acids is 1. The number of aromatic nitrogens is 2. The first-order valence-corrected chi connectivity index (χ1v) is 11.1. The van der Waals surface area contributed by atoms with Crippen molar-refractivity contribution < 1.29 is 9.53 Å². The molecule has 1 amide bonds. The van der Waals surface area contributed by atoms with Crippen LogP contribution in [0.1, 0.15) is 46.0 Å². The standard InChI is InChI=1S/C21H36N6O2.HI/c1-4-22-21(23-11-10-19(29-5-2)17-8-6-7-9-17)26-12-13-27(20(28)16-26)18-14-24-25(3)15-18;/h14-15,17,19H,4-13,16H2,1-3H3,(H,22,23);1H. The Balaban J connectivity index is 0.00000320. The van der Waals surface area contributed by atoms with E-state index in [0.717, 1.165) is 44.3 Å². The van der Waals surface area contributed by atoms with E-state index in [1.165, 1.54) is 25.7 Å². The van der Waals surface area contributed by atoms with Crippen molar-refractivity contribution in [1.82, 2.24) is 20.0 Å². The summed E-state index contributed by atoms with van der Waals surface area (Å²) in [6.07, 6.45) is 10.1. The summed E-state index contributed by atoms with van der Waals surface area (Å²) in [5.41, 5.74) is 0.857. The van der Waals surface area contributed by atoms with Crippen LogP contribution in [0, 0.1) is 5.92 Å². The number of hydrogen-bond donors (Lipinski definition) is 1. The molecule has 2 aliphatic rings. The van der Waals surface area contributed by atoms with Crippen molar-refractivity contribution in [3.63, 3.8) is 0 Å². The zero-order chi connectivity index (χ0) is 20.6. The summed E-state index contributed by atoms with van der Waals surface area (Å²) in [5, 5.41) is 7.53. The number of aryl methyl sites for hydroxylation is 1. The first-order valence-electron chi connectivity index (χ1n) is 11.1. The second-order valence-electron chi connectivity index (χ2n) is 7.90. The molecule has 3 rings (SSSR count). The minimum atomic E-state index is 0. The van der Waals surface area contributed by atoms with E-state index in [4.69, 9.17) is 9.73 Å². The van der Waals surface area contributed by atoms with Crippen molar-refractivity contribution in [2.45, 2.75) is 52.1 Å². The molecule has 1 unspecified atom stereocenters. The van der Waals surface area contributed by atoms with Crippen LogP contribution in [0.25, 0.3) is 0 Å². The third-order valence-corrected chi connectivity index (χ3v) is 5.84. The molecule has 1 atom stereocenters. The SMILES string of the molecule is CCNC(=NCCC(OCC)C1CCCC1)N1CCN(c2cnn(C)c2)C(=O)C1.I. The van der Waals surface area contributed by atoms with Crippen molar-refractivity contribution in [3.05, 3.63) is 12.4 Å². The maximum Gasteiger partial charge on any atom is 0.246 e. The minimum Gasteiger partial charge on any atom is -0.378 e. The molecule has 0 bridgehead atoms. The number of guanidine groups is 1. The van der Waals surface area contributed by atoms with Gasteiger partial charge in [0.2, 0.25) is 5.91 Å². The predicted octanol–water partition coefficient (Wildman–Crippen LogP) is 2.64. The average Bonchev–Trinajstić information content (AvgIpc) is 3.38. The molecule has 1 aliphatic heterocycles. The number of nitrogens with zero attached hydrogens (tertiary/aromatic N) is 5. The van der Waals surface area contributed by atoms with Gasteiger partial charge >= 0.3 is 0 Å². The molecule has 0 aromatic carbocycles. The van der Waals surface area contributed by atoms with E-state index in [1.807, 2.05) is 13.2 Å². The molecule has 1 N–H and O–H groups in total. The van der Waals surface area contributed by atoms with Crippen molar-refractivity contribution >= 4 is 41.5 Å². The van der Waals surface area contributed by atoms with Crippen molar-refractivity contribution in [2.24, 2.45) is 18.0 Å². The van der Waals surface area contributed by atoms with Gasteiger partial charge < -0.3 is 19.9 Å². The minimum absolute atomic E-state index is 0. The largest absolute Gasteiger partial charge is 0.378 e. The van der Waals surface area contributed by atoms with E-state index in [9.17, 15) is 4.79 Å². The van der Waals surface area contributed by atoms with Gasteiger partial charge in [-0.15, -0.1) is 24.0 Å². The second-order valence-corrected chi connectivity index (χ2v) is 7.90. The highest BCUT2D eigenvalue weighted by Crippen LogP contribution is 2.30. The number of anilines is 1. The van der Waals surface area contributed by atoms with Crippen molar-refractivity contribution in [3.8, 4) is 0 Å². The molecular formula is C21H37IN6O2. The molecule has 0 spiro atoms. The van der Waals surface area contributed by atoms with Gasteiger partial charge in [0.25, 0.3) is 0 Å². The molecule has 1 saturated carbocycles. The summed E-state index contributed by atoms with van der Waals surface area (Å²) in [5.74, 6) is 1.58. The van der Waals surface area contributed by atoms with Gasteiger partial charge in [0.05, 0.1) is 18.0 Å². The Morgan fingerprint density at radius 2 is 2.10 bits per heavy atom. The number of piperazine rings is 1. The second kappa shape index (κ2) is 12.5. The quantitative estimate of drug-likeness (QED) is 0.317. The fraction of sp³-hybridized carbons (Fsp3) is 0.762. The molecule has 1 saturated heterocycles. The number of halogens is 1.